The van der Waals surface area contributed by atoms with Gasteiger partial charge in [-0.25, -0.2) is 4.79 Å². The summed E-state index contributed by atoms with van der Waals surface area (Å²) in [6, 6.07) is 20.3. The number of aryl methyl sites for hydroxylation is 1. The van der Waals surface area contributed by atoms with Crippen LogP contribution in [0.5, 0.6) is 0 Å². The number of carbonyl (C=O) groups excluding carboxylic acids is 1. The summed E-state index contributed by atoms with van der Waals surface area (Å²) in [5, 5.41) is 3.20. The largest absolute Gasteiger partial charge is 0.366 e. The average molecular weight is 447 g/mol. The third kappa shape index (κ3) is 5.08. The Morgan fingerprint density at radius 1 is 0.939 bits per heavy atom. The van der Waals surface area contributed by atoms with Gasteiger partial charge in [0.15, 0.2) is 0 Å². The number of carbonyl (C=O) groups is 1. The maximum atomic E-state index is 13.0. The predicted molar refractivity (Wildman–Crippen MR) is 130 cm³/mol. The van der Waals surface area contributed by atoms with Crippen LogP contribution >= 0.6 is 0 Å². The van der Waals surface area contributed by atoms with E-state index in [1.54, 1.807) is 13.2 Å². The Bertz CT molecular complexity index is 1170. The van der Waals surface area contributed by atoms with Crippen molar-refractivity contribution in [1.29, 1.82) is 0 Å². The van der Waals surface area contributed by atoms with Gasteiger partial charge in [-0.05, 0) is 24.0 Å². The minimum absolute atomic E-state index is 0.00103. The van der Waals surface area contributed by atoms with Crippen molar-refractivity contribution in [2.24, 2.45) is 14.1 Å². The number of hydrogen-bond acceptors (Lipinski definition) is 4. The second kappa shape index (κ2) is 9.90. The molecule has 172 valence electrons. The van der Waals surface area contributed by atoms with E-state index < -0.39 is 0 Å². The standard InChI is InChI=1S/C26H30N4O3/c1-28-18-23(25(32)29(2)26(28)33)30-15-13-21(14-16-30)27-24(31)17-22(19-9-5-3-6-10-19)20-11-7-4-8-12-20/h3-12,18,21-22H,13-17H2,1-2H3,(H,27,31). The molecule has 2 heterocycles. The second-order valence-corrected chi connectivity index (χ2v) is 8.68. The number of piperidine rings is 1. The van der Waals surface area contributed by atoms with Gasteiger partial charge in [-0.1, -0.05) is 60.7 Å². The molecule has 1 amide bonds. The Labute approximate surface area is 193 Å². The minimum atomic E-state index is -0.336. The van der Waals surface area contributed by atoms with Crippen LogP contribution in [0, 0.1) is 0 Å². The van der Waals surface area contributed by atoms with Crippen molar-refractivity contribution in [3.63, 3.8) is 0 Å². The van der Waals surface area contributed by atoms with Crippen LogP contribution in [-0.4, -0.2) is 34.2 Å². The molecule has 4 rings (SSSR count). The first kappa shape index (κ1) is 22.6. The fraction of sp³-hybridized carbons (Fsp3) is 0.346. The summed E-state index contributed by atoms with van der Waals surface area (Å²) >= 11 is 0. The van der Waals surface area contributed by atoms with Crippen molar-refractivity contribution in [2.45, 2.75) is 31.2 Å². The normalized spacial score (nSPS) is 14.5. The molecule has 3 aromatic rings. The number of benzene rings is 2. The Morgan fingerprint density at radius 2 is 1.48 bits per heavy atom. The van der Waals surface area contributed by atoms with Gasteiger partial charge in [0, 0.05) is 51.8 Å². The number of anilines is 1. The zero-order valence-corrected chi connectivity index (χ0v) is 19.1. The molecule has 1 saturated heterocycles. The van der Waals surface area contributed by atoms with Gasteiger partial charge < -0.3 is 14.8 Å². The molecule has 7 nitrogen and oxygen atoms in total. The quantitative estimate of drug-likeness (QED) is 0.631. The van der Waals surface area contributed by atoms with Crippen molar-refractivity contribution in [1.82, 2.24) is 14.5 Å². The summed E-state index contributed by atoms with van der Waals surface area (Å²) in [6.07, 6.45) is 3.49. The predicted octanol–water partition coefficient (Wildman–Crippen LogP) is 2.39. The van der Waals surface area contributed by atoms with E-state index >= 15 is 0 Å². The number of aromatic nitrogens is 2. The second-order valence-electron chi connectivity index (χ2n) is 8.68. The first-order valence-corrected chi connectivity index (χ1v) is 11.3. The van der Waals surface area contributed by atoms with Gasteiger partial charge in [0.1, 0.15) is 5.69 Å². The van der Waals surface area contributed by atoms with Crippen LogP contribution < -0.4 is 21.5 Å². The molecule has 1 aliphatic heterocycles. The Balaban J connectivity index is 1.40. The van der Waals surface area contributed by atoms with E-state index in [0.29, 0.717) is 25.2 Å². The van der Waals surface area contributed by atoms with E-state index in [1.807, 2.05) is 41.3 Å². The lowest BCUT2D eigenvalue weighted by Crippen LogP contribution is -2.48. The summed E-state index contributed by atoms with van der Waals surface area (Å²) in [7, 11) is 3.14. The molecule has 2 aromatic carbocycles. The molecule has 0 aliphatic carbocycles. The topological polar surface area (TPSA) is 76.3 Å². The summed E-state index contributed by atoms with van der Waals surface area (Å²) in [5.41, 5.74) is 2.16. The van der Waals surface area contributed by atoms with Gasteiger partial charge in [0.25, 0.3) is 5.56 Å². The number of rotatable bonds is 6. The van der Waals surface area contributed by atoms with Crippen LogP contribution in [0.25, 0.3) is 0 Å². The van der Waals surface area contributed by atoms with Crippen molar-refractivity contribution in [3.8, 4) is 0 Å². The molecule has 1 N–H and O–H groups in total. The highest BCUT2D eigenvalue weighted by Crippen LogP contribution is 2.28. The third-order valence-corrected chi connectivity index (χ3v) is 6.42. The van der Waals surface area contributed by atoms with Crippen molar-refractivity contribution < 1.29 is 4.79 Å². The number of hydrogen-bond donors (Lipinski definition) is 1. The maximum Gasteiger partial charge on any atom is 0.330 e. The van der Waals surface area contributed by atoms with E-state index in [1.165, 1.54) is 11.6 Å². The molecule has 1 fully saturated rings. The average Bonchev–Trinajstić information content (AvgIpc) is 2.85. The first-order chi connectivity index (χ1) is 15.9. The van der Waals surface area contributed by atoms with Gasteiger partial charge in [0.05, 0.1) is 0 Å². The Kier molecular flexibility index (Phi) is 6.77. The zero-order chi connectivity index (χ0) is 23.4. The van der Waals surface area contributed by atoms with Gasteiger partial charge in [-0.3, -0.25) is 14.2 Å². The van der Waals surface area contributed by atoms with Crippen molar-refractivity contribution in [2.75, 3.05) is 18.0 Å². The van der Waals surface area contributed by atoms with Crippen molar-refractivity contribution in [3.05, 3.63) is 98.8 Å². The molecule has 33 heavy (non-hydrogen) atoms. The number of nitrogens with zero attached hydrogens (tertiary/aromatic N) is 3. The fourth-order valence-corrected chi connectivity index (χ4v) is 4.54. The summed E-state index contributed by atoms with van der Waals surface area (Å²) in [4.78, 5) is 39.5. The summed E-state index contributed by atoms with van der Waals surface area (Å²) < 4.78 is 2.56. The van der Waals surface area contributed by atoms with Crippen LogP contribution in [0.2, 0.25) is 0 Å². The Morgan fingerprint density at radius 3 is 2.03 bits per heavy atom. The molecule has 7 heteroatoms. The third-order valence-electron chi connectivity index (χ3n) is 6.42. The minimum Gasteiger partial charge on any atom is -0.366 e. The van der Waals surface area contributed by atoms with Crippen molar-refractivity contribution >= 4 is 11.6 Å². The van der Waals surface area contributed by atoms with E-state index in [2.05, 4.69) is 29.6 Å². The smallest absolute Gasteiger partial charge is 0.330 e. The highest BCUT2D eigenvalue weighted by molar-refractivity contribution is 5.78. The van der Waals surface area contributed by atoms with Crippen LogP contribution in [0.3, 0.4) is 0 Å². The van der Waals surface area contributed by atoms with Gasteiger partial charge in [-0.15, -0.1) is 0 Å². The van der Waals surface area contributed by atoms with E-state index in [9.17, 15) is 14.4 Å². The molecule has 1 aliphatic rings. The van der Waals surface area contributed by atoms with Crippen LogP contribution in [0.15, 0.2) is 76.4 Å². The maximum absolute atomic E-state index is 13.0. The summed E-state index contributed by atoms with van der Waals surface area (Å²) in [6.45, 7) is 1.30. The molecule has 1 aromatic heterocycles. The number of nitrogens with one attached hydrogen (secondary N) is 1. The molecule has 0 saturated carbocycles. The van der Waals surface area contributed by atoms with Crippen LogP contribution in [0.4, 0.5) is 5.69 Å². The molecule has 0 atom stereocenters. The highest BCUT2D eigenvalue weighted by Gasteiger charge is 2.25. The highest BCUT2D eigenvalue weighted by atomic mass is 16.2. The lowest BCUT2D eigenvalue weighted by Gasteiger charge is -2.34. The van der Waals surface area contributed by atoms with Gasteiger partial charge in [-0.2, -0.15) is 0 Å². The lowest BCUT2D eigenvalue weighted by molar-refractivity contribution is -0.122. The van der Waals surface area contributed by atoms with Gasteiger partial charge in [0.2, 0.25) is 5.91 Å². The van der Waals surface area contributed by atoms with Crippen LogP contribution in [0.1, 0.15) is 36.3 Å². The van der Waals surface area contributed by atoms with E-state index in [4.69, 9.17) is 0 Å². The fourth-order valence-electron chi connectivity index (χ4n) is 4.54. The summed E-state index contributed by atoms with van der Waals surface area (Å²) in [5.74, 6) is 0.0327. The van der Waals surface area contributed by atoms with Gasteiger partial charge >= 0.3 is 5.69 Å². The molecule has 0 spiro atoms. The molecular formula is C26H30N4O3. The first-order valence-electron chi connectivity index (χ1n) is 11.3. The molecular weight excluding hydrogens is 416 g/mol. The van der Waals surface area contributed by atoms with Crippen LogP contribution in [-0.2, 0) is 18.9 Å². The SMILES string of the molecule is Cn1cc(N2CCC(NC(=O)CC(c3ccccc3)c3ccccc3)CC2)c(=O)n(C)c1=O. The number of amides is 1. The molecule has 0 radical (unpaired) electrons. The zero-order valence-electron chi connectivity index (χ0n) is 19.1. The Hall–Kier alpha value is -3.61. The van der Waals surface area contributed by atoms with E-state index in [-0.39, 0.29) is 29.1 Å². The monoisotopic (exact) mass is 446 g/mol. The lowest BCUT2D eigenvalue weighted by atomic mass is 9.88. The molecule has 0 bridgehead atoms. The molecule has 0 unspecified atom stereocenters. The van der Waals surface area contributed by atoms with E-state index in [0.717, 1.165) is 28.5 Å².